The highest BCUT2D eigenvalue weighted by Crippen LogP contribution is 2.41. The predicted molar refractivity (Wildman–Crippen MR) is 432 cm³/mol. The van der Waals surface area contributed by atoms with Crippen molar-refractivity contribution in [3.8, 4) is 55.6 Å². The Bertz CT molecular complexity index is 5960. The van der Waals surface area contributed by atoms with Crippen LogP contribution in [0.5, 0.6) is 0 Å². The zero-order chi connectivity index (χ0) is 80.1. The Kier molecular flexibility index (Phi) is 15.8. The Balaban J connectivity index is 0.000000108. The molecule has 0 saturated carbocycles. The highest BCUT2D eigenvalue weighted by atomic mass is 16.3. The Hall–Kier alpha value is -13.1. The second-order valence-corrected chi connectivity index (χ2v) is 24.9. The lowest BCUT2D eigenvalue weighted by molar-refractivity contribution is 0.655. The highest BCUT2D eigenvalue weighted by Gasteiger charge is 2.18. The van der Waals surface area contributed by atoms with Gasteiger partial charge >= 0.3 is 0 Å². The molecule has 0 aliphatic rings. The molecule has 0 fully saturated rings. The summed E-state index contributed by atoms with van der Waals surface area (Å²) in [6.07, 6.45) is 5.62. The SMILES string of the molecule is [2H]C([2H])(C)c1ccc(-c2cccc3c2oc2cccnc23)cc1.[2H]C([2H])(C)c1ccc(-c2cccc3c2oc2ccncc23)cc1.[2H]C([2H])(C)c1ccc(-c2cccc3c2oc2cnccc23)cc1.[2H]C([2H])(C)c1ccc(-c2cccc3c2oc2ncccc23)cc1.[2H]C([2H])(C)c1ccc(-c2ccnc3c2oc2ccccc23)cc1. The molecule has 0 aliphatic heterocycles. The van der Waals surface area contributed by atoms with Crippen LogP contribution in [-0.2, 0) is 31.9 Å². The smallest absolute Gasteiger partial charge is 0.227 e. The van der Waals surface area contributed by atoms with Gasteiger partial charge in [-0.1, -0.05) is 235 Å². The van der Waals surface area contributed by atoms with Crippen LogP contribution < -0.4 is 0 Å². The summed E-state index contributed by atoms with van der Waals surface area (Å²) in [5, 5.41) is 8.21. The average molecular weight is 1380 g/mol. The molecule has 0 N–H and O–H groups in total. The van der Waals surface area contributed by atoms with Gasteiger partial charge in [0.15, 0.2) is 16.7 Å². The van der Waals surface area contributed by atoms with Crippen LogP contribution in [0.2, 0.25) is 0 Å². The van der Waals surface area contributed by atoms with Crippen LogP contribution in [0.3, 0.4) is 0 Å². The summed E-state index contributed by atoms with van der Waals surface area (Å²) >= 11 is 0. The standard InChI is InChI=1S/5C19H15NO/c1-2-13-8-10-14(11-9-13)15-5-3-6-16-18-17(21-19(15)16)7-4-12-20-18;1-2-13-8-10-14(11-9-13)15-5-3-6-16-17-7-4-12-20-19(17)21-18(15)16;1-2-13-6-8-14(9-7-13)15-4-3-5-17-16-10-11-20-12-18(16)21-19(15)17;1-2-13-6-8-14(9-7-13)15-4-3-5-16-17-12-20-11-10-18(17)21-19(15)16;1-2-13-7-9-14(10-8-13)15-11-12-20-18-16-5-3-4-6-17(16)21-19(15)18/h5*3-12H,2H2,1H3/i5*2D2. The van der Waals surface area contributed by atoms with Gasteiger partial charge in [-0.05, 0) is 148 Å². The zero-order valence-corrected chi connectivity index (χ0v) is 58.1. The number of para-hydroxylation sites is 5. The van der Waals surface area contributed by atoms with E-state index in [4.69, 9.17) is 35.8 Å². The summed E-state index contributed by atoms with van der Waals surface area (Å²) in [5.74, 6) is 0. The molecular weight excluding hydrogens is 1290 g/mol. The molecule has 10 heteroatoms. The first-order valence-corrected chi connectivity index (χ1v) is 34.5. The maximum Gasteiger partial charge on any atom is 0.227 e. The van der Waals surface area contributed by atoms with E-state index >= 15 is 0 Å². The molecule has 105 heavy (non-hydrogen) atoms. The Morgan fingerprint density at radius 2 is 0.610 bits per heavy atom. The van der Waals surface area contributed by atoms with Gasteiger partial charge in [-0.2, -0.15) is 0 Å². The quantitative estimate of drug-likeness (QED) is 0.130. The van der Waals surface area contributed by atoms with Crippen molar-refractivity contribution in [2.75, 3.05) is 0 Å². The lowest BCUT2D eigenvalue weighted by Crippen LogP contribution is -1.83. The summed E-state index contributed by atoms with van der Waals surface area (Å²) in [4.78, 5) is 21.4. The van der Waals surface area contributed by atoms with Crippen LogP contribution >= 0.6 is 0 Å². The lowest BCUT2D eigenvalue weighted by Gasteiger charge is -2.04. The van der Waals surface area contributed by atoms with E-state index in [1.807, 2.05) is 267 Å². The number of aryl methyl sites for hydroxylation is 5. The van der Waals surface area contributed by atoms with E-state index in [1.165, 1.54) is 0 Å². The van der Waals surface area contributed by atoms with Crippen LogP contribution in [0.15, 0.2) is 326 Å². The maximum atomic E-state index is 7.79. The van der Waals surface area contributed by atoms with Crippen LogP contribution in [-0.4, -0.2) is 24.9 Å². The van der Waals surface area contributed by atoms with Crippen LogP contribution in [0.25, 0.3) is 166 Å². The molecule has 0 saturated heterocycles. The molecular formula is C95H75N5O5. The van der Waals surface area contributed by atoms with Gasteiger partial charge in [0.05, 0.1) is 6.20 Å². The monoisotopic (exact) mass is 1380 g/mol. The molecule has 10 heterocycles. The largest absolute Gasteiger partial charge is 0.455 e. The van der Waals surface area contributed by atoms with E-state index in [0.717, 1.165) is 160 Å². The van der Waals surface area contributed by atoms with Crippen LogP contribution in [0, 0.1) is 0 Å². The van der Waals surface area contributed by atoms with E-state index < -0.39 is 31.9 Å². The number of hydrogen-bond donors (Lipinski definition) is 0. The molecule has 10 aromatic carbocycles. The molecule has 0 amide bonds. The van der Waals surface area contributed by atoms with Gasteiger partial charge in [0.1, 0.15) is 44.5 Å². The molecule has 0 atom stereocenters. The van der Waals surface area contributed by atoms with Gasteiger partial charge in [0.25, 0.3) is 0 Å². The molecule has 0 spiro atoms. The Morgan fingerprint density at radius 1 is 0.238 bits per heavy atom. The molecule has 20 rings (SSSR count). The number of furan rings is 5. The molecule has 0 radical (unpaired) electrons. The van der Waals surface area contributed by atoms with Crippen molar-refractivity contribution in [3.63, 3.8) is 0 Å². The number of aromatic nitrogens is 5. The molecule has 510 valence electrons. The topological polar surface area (TPSA) is 130 Å². The van der Waals surface area contributed by atoms with Crippen LogP contribution in [0.1, 0.15) is 76.1 Å². The minimum absolute atomic E-state index is 0.636. The van der Waals surface area contributed by atoms with Gasteiger partial charge in [-0.3, -0.25) is 19.9 Å². The fourth-order valence-corrected chi connectivity index (χ4v) is 13.4. The fraction of sp³-hybridized carbons (Fsp3) is 0.105. The van der Waals surface area contributed by atoms with E-state index in [2.05, 4.69) is 24.9 Å². The summed E-state index contributed by atoms with van der Waals surface area (Å²) < 4.78 is 108. The van der Waals surface area contributed by atoms with Gasteiger partial charge in [-0.25, -0.2) is 4.98 Å². The minimum atomic E-state index is -1.34. The minimum Gasteiger partial charge on any atom is -0.455 e. The Morgan fingerprint density at radius 3 is 1.15 bits per heavy atom. The number of nitrogens with zero attached hydrogens (tertiary/aromatic N) is 5. The van der Waals surface area contributed by atoms with Crippen LogP contribution in [0.4, 0.5) is 0 Å². The molecule has 10 aromatic heterocycles. The van der Waals surface area contributed by atoms with Gasteiger partial charge in [0.2, 0.25) is 5.71 Å². The van der Waals surface area contributed by atoms with Crippen molar-refractivity contribution >= 4 is 110 Å². The van der Waals surface area contributed by atoms with Gasteiger partial charge in [0, 0.05) is 122 Å². The summed E-state index contributed by atoms with van der Waals surface area (Å²) in [6.45, 7) is 7.82. The van der Waals surface area contributed by atoms with Crippen molar-refractivity contribution in [1.82, 2.24) is 24.9 Å². The van der Waals surface area contributed by atoms with E-state index in [0.29, 0.717) is 33.5 Å². The molecule has 20 aromatic rings. The molecule has 0 unspecified atom stereocenters. The first-order chi connectivity index (χ1) is 55.2. The molecule has 0 aliphatic carbocycles. The Labute approximate surface area is 622 Å². The van der Waals surface area contributed by atoms with Crippen molar-refractivity contribution < 1.29 is 35.8 Å². The molecule has 0 bridgehead atoms. The normalized spacial score (nSPS) is 13.4. The third kappa shape index (κ3) is 13.4. The second-order valence-electron chi connectivity index (χ2n) is 24.9. The van der Waals surface area contributed by atoms with E-state index in [-0.39, 0.29) is 0 Å². The lowest BCUT2D eigenvalue weighted by atomic mass is 10.0. The first kappa shape index (κ1) is 55.6. The van der Waals surface area contributed by atoms with Crippen molar-refractivity contribution in [2.45, 2.75) is 66.5 Å². The second kappa shape index (κ2) is 29.9. The van der Waals surface area contributed by atoms with Crippen molar-refractivity contribution in [1.29, 1.82) is 0 Å². The maximum absolute atomic E-state index is 7.79. The number of benzene rings is 10. The number of pyridine rings is 5. The summed E-state index contributed by atoms with van der Waals surface area (Å²) in [6, 6.07) is 83.2. The number of hydrogen-bond acceptors (Lipinski definition) is 10. The van der Waals surface area contributed by atoms with Gasteiger partial charge in [-0.15, -0.1) is 0 Å². The fourth-order valence-electron chi connectivity index (χ4n) is 13.4. The van der Waals surface area contributed by atoms with Crippen molar-refractivity contribution in [3.05, 3.63) is 332 Å². The predicted octanol–water partition coefficient (Wildman–Crippen LogP) is 26.1. The van der Waals surface area contributed by atoms with Crippen molar-refractivity contribution in [2.24, 2.45) is 0 Å². The number of fused-ring (bicyclic) bond motifs is 15. The third-order valence-electron chi connectivity index (χ3n) is 18.8. The third-order valence-corrected chi connectivity index (χ3v) is 18.8. The average Bonchev–Trinajstić information content (AvgIpc) is 1.64. The van der Waals surface area contributed by atoms with E-state index in [1.54, 1.807) is 71.8 Å². The van der Waals surface area contributed by atoms with E-state index in [9.17, 15) is 0 Å². The van der Waals surface area contributed by atoms with Gasteiger partial charge < -0.3 is 22.1 Å². The first-order valence-electron chi connectivity index (χ1n) is 39.5. The number of rotatable bonds is 10. The summed E-state index contributed by atoms with van der Waals surface area (Å²) in [5.41, 5.74) is 22.9. The zero-order valence-electron chi connectivity index (χ0n) is 68.1. The highest BCUT2D eigenvalue weighted by molar-refractivity contribution is 6.12. The summed E-state index contributed by atoms with van der Waals surface area (Å²) in [7, 11) is 0. The molecule has 10 nitrogen and oxygen atoms in total.